The molecule has 0 bridgehead atoms. The zero-order valence-corrected chi connectivity index (χ0v) is 22.8. The van der Waals surface area contributed by atoms with Gasteiger partial charge in [0.2, 0.25) is 0 Å². The number of furan rings is 1. The molecule has 1 atom stereocenters. The lowest BCUT2D eigenvalue weighted by Gasteiger charge is -2.20. The van der Waals surface area contributed by atoms with Gasteiger partial charge >= 0.3 is 0 Å². The van der Waals surface area contributed by atoms with Crippen molar-refractivity contribution in [3.8, 4) is 22.3 Å². The molecule has 1 N–H and O–H groups in total. The van der Waals surface area contributed by atoms with Crippen LogP contribution in [0.4, 0.5) is 0 Å². The fourth-order valence-electron chi connectivity index (χ4n) is 6.48. The third-order valence-corrected chi connectivity index (χ3v) is 8.63. The molecule has 1 aromatic heterocycles. The Morgan fingerprint density at radius 1 is 0.571 bits per heavy atom. The molecule has 3 heterocycles. The van der Waals surface area contributed by atoms with Crippen LogP contribution in [0.25, 0.3) is 71.4 Å². The minimum absolute atomic E-state index is 0.203. The number of hydrogen-bond donors (Lipinski definition) is 1. The average Bonchev–Trinajstić information content (AvgIpc) is 3.66. The van der Waals surface area contributed by atoms with Crippen LogP contribution >= 0.6 is 0 Å². The van der Waals surface area contributed by atoms with Gasteiger partial charge in [-0.1, -0.05) is 97.1 Å². The molecule has 1 unspecified atom stereocenters. The first kappa shape index (κ1) is 23.2. The third kappa shape index (κ3) is 3.60. The highest BCUT2D eigenvalue weighted by Crippen LogP contribution is 2.40. The summed E-state index contributed by atoms with van der Waals surface area (Å²) in [5.74, 6) is 0. The number of hydrogen-bond acceptors (Lipinski definition) is 3. The van der Waals surface area contributed by atoms with E-state index < -0.39 is 0 Å². The minimum Gasteiger partial charge on any atom is -0.455 e. The molecular formula is C39H26N2O. The van der Waals surface area contributed by atoms with E-state index in [0.29, 0.717) is 0 Å². The van der Waals surface area contributed by atoms with Crippen molar-refractivity contribution in [2.75, 3.05) is 0 Å². The van der Waals surface area contributed by atoms with E-state index in [2.05, 4.69) is 144 Å². The van der Waals surface area contributed by atoms with Gasteiger partial charge in [0.1, 0.15) is 17.3 Å². The Bertz CT molecular complexity index is 2280. The number of fused-ring (bicyclic) bond motifs is 7. The van der Waals surface area contributed by atoms with Gasteiger partial charge in [0, 0.05) is 28.6 Å². The maximum Gasteiger partial charge on any atom is 0.143 e. The van der Waals surface area contributed by atoms with Crippen LogP contribution in [0, 0.1) is 0 Å². The average molecular weight is 539 g/mol. The maximum atomic E-state index is 6.33. The fourth-order valence-corrected chi connectivity index (χ4v) is 6.48. The molecule has 0 saturated carbocycles. The van der Waals surface area contributed by atoms with Gasteiger partial charge < -0.3 is 14.6 Å². The molecule has 7 aromatic rings. The predicted octanol–water partition coefficient (Wildman–Crippen LogP) is 9.84. The first-order chi connectivity index (χ1) is 20.8. The van der Waals surface area contributed by atoms with Gasteiger partial charge in [0.05, 0.1) is 5.70 Å². The Labute approximate surface area is 243 Å². The van der Waals surface area contributed by atoms with Gasteiger partial charge in [0.25, 0.3) is 0 Å². The molecule has 0 fully saturated rings. The number of benzene rings is 6. The predicted molar refractivity (Wildman–Crippen MR) is 175 cm³/mol. The van der Waals surface area contributed by atoms with E-state index in [-0.39, 0.29) is 6.17 Å². The van der Waals surface area contributed by atoms with E-state index >= 15 is 0 Å². The Morgan fingerprint density at radius 3 is 2.10 bits per heavy atom. The summed E-state index contributed by atoms with van der Waals surface area (Å²) in [5, 5.41) is 10.7. The third-order valence-electron chi connectivity index (χ3n) is 8.63. The lowest BCUT2D eigenvalue weighted by atomic mass is 9.93. The highest BCUT2D eigenvalue weighted by Gasteiger charge is 2.21. The van der Waals surface area contributed by atoms with Crippen LogP contribution in [-0.2, 0) is 0 Å². The quantitative estimate of drug-likeness (QED) is 0.243. The summed E-state index contributed by atoms with van der Waals surface area (Å²) < 4.78 is 6.33. The first-order valence-corrected chi connectivity index (χ1v) is 14.4. The molecule has 2 aliphatic rings. The molecule has 0 spiro atoms. The second-order valence-electron chi connectivity index (χ2n) is 11.1. The van der Waals surface area contributed by atoms with Crippen molar-refractivity contribution in [2.45, 2.75) is 6.17 Å². The summed E-state index contributed by atoms with van der Waals surface area (Å²) in [6, 6.07) is 41.6. The summed E-state index contributed by atoms with van der Waals surface area (Å²) in [6.07, 6.45) is 10.8. The second kappa shape index (κ2) is 8.98. The van der Waals surface area contributed by atoms with Crippen molar-refractivity contribution in [1.29, 1.82) is 0 Å². The molecule has 0 aliphatic carbocycles. The van der Waals surface area contributed by atoms with Crippen LogP contribution in [0.3, 0.4) is 0 Å². The van der Waals surface area contributed by atoms with E-state index in [4.69, 9.17) is 4.42 Å². The Kier molecular flexibility index (Phi) is 4.96. The number of nitrogens with one attached hydrogen (secondary N) is 1. The molecule has 3 heteroatoms. The standard InChI is InChI=1S/C39H26N2O/c1-2-9-33-31(7-1)34(23-35-32-8-3-4-10-37(32)42-39(33)35)30-19-18-28-21-27(16-17-29(28)22-30)25-12-14-26(15-13-25)36-24-41-20-6-5-11-38(41)40-36/h1-24,38,40H. The largest absolute Gasteiger partial charge is 0.455 e. The molecule has 0 amide bonds. The fraction of sp³-hybridized carbons (Fsp3) is 0.0256. The van der Waals surface area contributed by atoms with Crippen molar-refractivity contribution in [3.63, 3.8) is 0 Å². The summed E-state index contributed by atoms with van der Waals surface area (Å²) in [6.45, 7) is 0. The van der Waals surface area contributed by atoms with E-state index in [1.54, 1.807) is 0 Å². The Hall–Kier alpha value is -5.54. The van der Waals surface area contributed by atoms with Gasteiger partial charge in [-0.25, -0.2) is 0 Å². The van der Waals surface area contributed by atoms with E-state index in [1.165, 1.54) is 44.0 Å². The molecule has 6 aromatic carbocycles. The van der Waals surface area contributed by atoms with Gasteiger partial charge in [-0.05, 0) is 80.4 Å². The number of para-hydroxylation sites is 1. The normalized spacial score (nSPS) is 16.0. The van der Waals surface area contributed by atoms with Gasteiger partial charge in [-0.2, -0.15) is 0 Å². The van der Waals surface area contributed by atoms with Crippen molar-refractivity contribution in [2.24, 2.45) is 0 Å². The van der Waals surface area contributed by atoms with Crippen molar-refractivity contribution in [1.82, 2.24) is 10.2 Å². The lowest BCUT2D eigenvalue weighted by Crippen LogP contribution is -2.31. The molecule has 2 aliphatic heterocycles. The minimum atomic E-state index is 0.203. The molecule has 0 saturated heterocycles. The Balaban J connectivity index is 1.08. The summed E-state index contributed by atoms with van der Waals surface area (Å²) in [5.41, 5.74) is 9.08. The van der Waals surface area contributed by atoms with Crippen LogP contribution in [0.2, 0.25) is 0 Å². The number of allylic oxidation sites excluding steroid dienone is 2. The van der Waals surface area contributed by atoms with Crippen molar-refractivity contribution in [3.05, 3.63) is 151 Å². The van der Waals surface area contributed by atoms with Crippen molar-refractivity contribution < 1.29 is 4.42 Å². The molecule has 198 valence electrons. The van der Waals surface area contributed by atoms with Crippen LogP contribution in [0.1, 0.15) is 5.56 Å². The van der Waals surface area contributed by atoms with Crippen LogP contribution < -0.4 is 5.32 Å². The van der Waals surface area contributed by atoms with Crippen LogP contribution in [-0.4, -0.2) is 11.1 Å². The molecule has 3 nitrogen and oxygen atoms in total. The van der Waals surface area contributed by atoms with Crippen molar-refractivity contribution >= 4 is 49.2 Å². The highest BCUT2D eigenvalue weighted by atomic mass is 16.3. The second-order valence-corrected chi connectivity index (χ2v) is 11.1. The molecule has 9 rings (SSSR count). The summed E-state index contributed by atoms with van der Waals surface area (Å²) in [4.78, 5) is 2.19. The zero-order chi connectivity index (χ0) is 27.6. The van der Waals surface area contributed by atoms with E-state index in [0.717, 1.165) is 33.0 Å². The summed E-state index contributed by atoms with van der Waals surface area (Å²) in [7, 11) is 0. The topological polar surface area (TPSA) is 28.4 Å². The maximum absolute atomic E-state index is 6.33. The van der Waals surface area contributed by atoms with Crippen LogP contribution in [0.5, 0.6) is 0 Å². The first-order valence-electron chi connectivity index (χ1n) is 14.4. The van der Waals surface area contributed by atoms with Gasteiger partial charge in [-0.15, -0.1) is 0 Å². The molecule has 42 heavy (non-hydrogen) atoms. The van der Waals surface area contributed by atoms with Crippen LogP contribution in [0.15, 0.2) is 150 Å². The molecular weight excluding hydrogens is 512 g/mol. The monoisotopic (exact) mass is 538 g/mol. The lowest BCUT2D eigenvalue weighted by molar-refractivity contribution is 0.427. The van der Waals surface area contributed by atoms with Gasteiger partial charge in [-0.3, -0.25) is 0 Å². The summed E-state index contributed by atoms with van der Waals surface area (Å²) >= 11 is 0. The SMILES string of the molecule is C1=CC2NC(c3ccc(-c4ccc5cc(-c6cc7c8ccccc8oc7c7ccccc67)ccc5c4)cc3)=CN2C=C1. The number of rotatable bonds is 3. The van der Waals surface area contributed by atoms with Gasteiger partial charge in [0.15, 0.2) is 0 Å². The van der Waals surface area contributed by atoms with E-state index in [1.807, 2.05) is 12.1 Å². The Morgan fingerprint density at radius 2 is 1.26 bits per heavy atom. The zero-order valence-electron chi connectivity index (χ0n) is 22.8. The highest BCUT2D eigenvalue weighted by molar-refractivity contribution is 6.19. The molecule has 0 radical (unpaired) electrons. The smallest absolute Gasteiger partial charge is 0.143 e. The number of nitrogens with zero attached hydrogens (tertiary/aromatic N) is 1. The van der Waals surface area contributed by atoms with E-state index in [9.17, 15) is 0 Å².